The first kappa shape index (κ1) is 13.8. The first-order chi connectivity index (χ1) is 9.60. The third-order valence-electron chi connectivity index (χ3n) is 2.77. The Morgan fingerprint density at radius 1 is 1.40 bits per heavy atom. The Morgan fingerprint density at radius 2 is 2.10 bits per heavy atom. The van der Waals surface area contributed by atoms with Gasteiger partial charge in [-0.15, -0.1) is 0 Å². The van der Waals surface area contributed by atoms with Gasteiger partial charge in [0.25, 0.3) is 5.91 Å². The molecule has 0 bridgehead atoms. The molecule has 1 amide bonds. The minimum Gasteiger partial charge on any atom is -0.508 e. The molecule has 104 valence electrons. The SMILES string of the molecule is CCC(=NNC(=O)c1cc(C)[nH]n1)c1ccc(O)cc1. The molecule has 6 nitrogen and oxygen atoms in total. The maximum absolute atomic E-state index is 11.8. The number of hydrogen-bond acceptors (Lipinski definition) is 4. The molecule has 0 unspecified atom stereocenters. The maximum Gasteiger partial charge on any atom is 0.291 e. The van der Waals surface area contributed by atoms with Gasteiger partial charge in [-0.2, -0.15) is 10.2 Å². The van der Waals surface area contributed by atoms with Gasteiger partial charge in [-0.25, -0.2) is 5.43 Å². The van der Waals surface area contributed by atoms with Crippen molar-refractivity contribution < 1.29 is 9.90 Å². The summed E-state index contributed by atoms with van der Waals surface area (Å²) in [5, 5.41) is 19.9. The van der Waals surface area contributed by atoms with E-state index in [4.69, 9.17) is 0 Å². The molecule has 0 aliphatic rings. The number of rotatable bonds is 4. The maximum atomic E-state index is 11.8. The third kappa shape index (κ3) is 3.23. The molecule has 0 radical (unpaired) electrons. The normalized spacial score (nSPS) is 11.4. The van der Waals surface area contributed by atoms with Gasteiger partial charge in [0.2, 0.25) is 0 Å². The van der Waals surface area contributed by atoms with E-state index in [1.165, 1.54) is 0 Å². The lowest BCUT2D eigenvalue weighted by atomic mass is 10.1. The van der Waals surface area contributed by atoms with Crippen molar-refractivity contribution in [3.63, 3.8) is 0 Å². The molecule has 0 saturated carbocycles. The molecule has 0 aliphatic heterocycles. The zero-order valence-corrected chi connectivity index (χ0v) is 11.3. The molecule has 1 heterocycles. The smallest absolute Gasteiger partial charge is 0.291 e. The Balaban J connectivity index is 2.11. The summed E-state index contributed by atoms with van der Waals surface area (Å²) >= 11 is 0. The standard InChI is InChI=1S/C14H16N4O2/c1-3-12(10-4-6-11(19)7-5-10)16-18-14(20)13-8-9(2)15-17-13/h4-8,19H,3H2,1-2H3,(H,15,17)(H,18,20). The van der Waals surface area contributed by atoms with Crippen LogP contribution < -0.4 is 5.43 Å². The summed E-state index contributed by atoms with van der Waals surface area (Å²) in [6.07, 6.45) is 0.657. The summed E-state index contributed by atoms with van der Waals surface area (Å²) in [4.78, 5) is 11.8. The number of aromatic nitrogens is 2. The van der Waals surface area contributed by atoms with Crippen LogP contribution in [0, 0.1) is 6.92 Å². The van der Waals surface area contributed by atoms with Gasteiger partial charge in [-0.05, 0) is 49.2 Å². The van der Waals surface area contributed by atoms with Crippen LogP contribution in [0.25, 0.3) is 0 Å². The number of nitrogens with one attached hydrogen (secondary N) is 2. The zero-order valence-electron chi connectivity index (χ0n) is 11.3. The summed E-state index contributed by atoms with van der Waals surface area (Å²) < 4.78 is 0. The van der Waals surface area contributed by atoms with Crippen LogP contribution in [0.4, 0.5) is 0 Å². The van der Waals surface area contributed by atoms with Crippen molar-refractivity contribution >= 4 is 11.6 Å². The predicted octanol–water partition coefficient (Wildman–Crippen LogP) is 1.97. The van der Waals surface area contributed by atoms with Crippen molar-refractivity contribution in [2.75, 3.05) is 0 Å². The fraction of sp³-hybridized carbons (Fsp3) is 0.214. The van der Waals surface area contributed by atoms with E-state index in [-0.39, 0.29) is 11.7 Å². The largest absolute Gasteiger partial charge is 0.508 e. The third-order valence-corrected chi connectivity index (χ3v) is 2.77. The fourth-order valence-corrected chi connectivity index (χ4v) is 1.71. The van der Waals surface area contributed by atoms with E-state index in [0.717, 1.165) is 17.0 Å². The summed E-state index contributed by atoms with van der Waals surface area (Å²) in [6.45, 7) is 3.76. The number of aryl methyl sites for hydroxylation is 1. The van der Waals surface area contributed by atoms with Crippen molar-refractivity contribution in [1.82, 2.24) is 15.6 Å². The number of hydrogen-bond donors (Lipinski definition) is 3. The summed E-state index contributed by atoms with van der Waals surface area (Å²) in [6, 6.07) is 8.32. The molecule has 3 N–H and O–H groups in total. The second-order valence-electron chi connectivity index (χ2n) is 4.34. The van der Waals surface area contributed by atoms with E-state index in [1.807, 2.05) is 13.8 Å². The first-order valence-electron chi connectivity index (χ1n) is 6.28. The average molecular weight is 272 g/mol. The molecule has 0 atom stereocenters. The Hall–Kier alpha value is -2.63. The molecule has 2 aromatic rings. The van der Waals surface area contributed by atoms with Gasteiger partial charge in [0.15, 0.2) is 5.69 Å². The number of carbonyl (C=O) groups excluding carboxylic acids is 1. The van der Waals surface area contributed by atoms with Gasteiger partial charge in [-0.3, -0.25) is 9.89 Å². The average Bonchev–Trinajstić information content (AvgIpc) is 2.88. The highest BCUT2D eigenvalue weighted by atomic mass is 16.3. The van der Waals surface area contributed by atoms with E-state index in [1.54, 1.807) is 30.3 Å². The van der Waals surface area contributed by atoms with Crippen LogP contribution in [0.2, 0.25) is 0 Å². The summed E-state index contributed by atoms with van der Waals surface area (Å²) in [7, 11) is 0. The highest BCUT2D eigenvalue weighted by Gasteiger charge is 2.09. The van der Waals surface area contributed by atoms with Gasteiger partial charge in [0.05, 0.1) is 5.71 Å². The van der Waals surface area contributed by atoms with Gasteiger partial charge in [0, 0.05) is 5.69 Å². The van der Waals surface area contributed by atoms with Crippen LogP contribution in [0.3, 0.4) is 0 Å². The topological polar surface area (TPSA) is 90.4 Å². The van der Waals surface area contributed by atoms with E-state index in [9.17, 15) is 9.90 Å². The summed E-state index contributed by atoms with van der Waals surface area (Å²) in [5.41, 5.74) is 5.17. The highest BCUT2D eigenvalue weighted by molar-refractivity contribution is 6.01. The quantitative estimate of drug-likeness (QED) is 0.587. The molecule has 0 aliphatic carbocycles. The van der Waals surface area contributed by atoms with Crippen molar-refractivity contribution in [2.24, 2.45) is 5.10 Å². The number of benzene rings is 1. The summed E-state index contributed by atoms with van der Waals surface area (Å²) in [5.74, 6) is -0.167. The molecule has 20 heavy (non-hydrogen) atoms. The van der Waals surface area contributed by atoms with Crippen LogP contribution in [0.15, 0.2) is 35.4 Å². The van der Waals surface area contributed by atoms with Crippen LogP contribution in [0.5, 0.6) is 5.75 Å². The highest BCUT2D eigenvalue weighted by Crippen LogP contribution is 2.11. The lowest BCUT2D eigenvalue weighted by Crippen LogP contribution is -2.20. The number of amides is 1. The van der Waals surface area contributed by atoms with E-state index >= 15 is 0 Å². The number of carbonyl (C=O) groups is 1. The van der Waals surface area contributed by atoms with E-state index < -0.39 is 0 Å². The number of phenols is 1. The van der Waals surface area contributed by atoms with Gasteiger partial charge in [-0.1, -0.05) is 6.92 Å². The van der Waals surface area contributed by atoms with E-state index in [2.05, 4.69) is 20.7 Å². The minimum atomic E-state index is -0.362. The Bertz CT molecular complexity index is 629. The van der Waals surface area contributed by atoms with Crippen LogP contribution in [-0.2, 0) is 0 Å². The van der Waals surface area contributed by atoms with Crippen LogP contribution >= 0.6 is 0 Å². The Kier molecular flexibility index (Phi) is 4.14. The minimum absolute atomic E-state index is 0.195. The number of aromatic amines is 1. The van der Waals surface area contributed by atoms with Gasteiger partial charge < -0.3 is 5.11 Å². The van der Waals surface area contributed by atoms with Crippen molar-refractivity contribution in [3.05, 3.63) is 47.3 Å². The van der Waals surface area contributed by atoms with Crippen molar-refractivity contribution in [1.29, 1.82) is 0 Å². The van der Waals surface area contributed by atoms with Crippen molar-refractivity contribution in [2.45, 2.75) is 20.3 Å². The lowest BCUT2D eigenvalue weighted by Gasteiger charge is -2.04. The molecular weight excluding hydrogens is 256 g/mol. The second kappa shape index (κ2) is 6.01. The van der Waals surface area contributed by atoms with Crippen molar-refractivity contribution in [3.8, 4) is 5.75 Å². The molecule has 0 spiro atoms. The molecule has 1 aromatic heterocycles. The monoisotopic (exact) mass is 272 g/mol. The number of nitrogens with zero attached hydrogens (tertiary/aromatic N) is 2. The van der Waals surface area contributed by atoms with Crippen LogP contribution in [-0.4, -0.2) is 26.9 Å². The molecule has 1 aromatic carbocycles. The number of hydrazone groups is 1. The number of aromatic hydroxyl groups is 1. The molecule has 2 rings (SSSR count). The second-order valence-corrected chi connectivity index (χ2v) is 4.34. The number of phenolic OH excluding ortho intramolecular Hbond substituents is 1. The lowest BCUT2D eigenvalue weighted by molar-refractivity contribution is 0.0950. The molecule has 6 heteroatoms. The van der Waals surface area contributed by atoms with E-state index in [0.29, 0.717) is 12.1 Å². The Morgan fingerprint density at radius 3 is 2.65 bits per heavy atom. The fourth-order valence-electron chi connectivity index (χ4n) is 1.71. The zero-order chi connectivity index (χ0) is 14.5. The van der Waals surface area contributed by atoms with Gasteiger partial charge >= 0.3 is 0 Å². The number of H-pyrrole nitrogens is 1. The Labute approximate surface area is 116 Å². The predicted molar refractivity (Wildman–Crippen MR) is 75.7 cm³/mol. The first-order valence-corrected chi connectivity index (χ1v) is 6.28. The van der Waals surface area contributed by atoms with Gasteiger partial charge in [0.1, 0.15) is 5.75 Å². The molecule has 0 fully saturated rings. The molecular formula is C14H16N4O2. The van der Waals surface area contributed by atoms with Crippen LogP contribution in [0.1, 0.15) is 35.1 Å². The molecule has 0 saturated heterocycles.